The molecule has 2 aliphatic carbocycles. The van der Waals surface area contributed by atoms with Gasteiger partial charge in [0.15, 0.2) is 0 Å². The summed E-state index contributed by atoms with van der Waals surface area (Å²) in [4.78, 5) is 13.6. The summed E-state index contributed by atoms with van der Waals surface area (Å²) in [5.74, 6) is -0.145. The maximum Gasteiger partial charge on any atom is 0.242 e. The van der Waals surface area contributed by atoms with Crippen LogP contribution < -0.4 is 10.7 Å². The molecule has 1 aromatic carbocycles. The van der Waals surface area contributed by atoms with Crippen LogP contribution in [-0.2, 0) is 10.2 Å². The summed E-state index contributed by atoms with van der Waals surface area (Å²) >= 11 is 9.75. The van der Waals surface area contributed by atoms with Gasteiger partial charge in [0.1, 0.15) is 6.17 Å². The molecule has 6 atom stereocenters. The Morgan fingerprint density at radius 3 is 2.67 bits per heavy atom. The maximum atomic E-state index is 13.2. The zero-order valence-electron chi connectivity index (χ0n) is 14.9. The summed E-state index contributed by atoms with van der Waals surface area (Å²) in [5.41, 5.74) is 4.57. The first kappa shape index (κ1) is 17.9. The van der Waals surface area contributed by atoms with Crippen LogP contribution in [0.2, 0.25) is 5.02 Å². The van der Waals surface area contributed by atoms with E-state index in [-0.39, 0.29) is 41.4 Å². The first-order chi connectivity index (χ1) is 13.0. The van der Waals surface area contributed by atoms with E-state index in [1.807, 2.05) is 12.1 Å². The second-order valence-electron chi connectivity index (χ2n) is 8.37. The minimum Gasteiger partial charge on any atom is -0.291 e. The molecule has 2 N–H and O–H groups in total. The van der Waals surface area contributed by atoms with Gasteiger partial charge in [-0.3, -0.25) is 15.1 Å². The van der Waals surface area contributed by atoms with E-state index >= 15 is 0 Å². The molecule has 0 aromatic heterocycles. The van der Waals surface area contributed by atoms with Gasteiger partial charge in [0.25, 0.3) is 0 Å². The van der Waals surface area contributed by atoms with Crippen molar-refractivity contribution in [2.24, 2.45) is 11.8 Å². The summed E-state index contributed by atoms with van der Waals surface area (Å²) < 4.78 is 0. The predicted molar refractivity (Wildman–Crippen MR) is 106 cm³/mol. The molecule has 0 bridgehead atoms. The predicted octanol–water partition coefficient (Wildman–Crippen LogP) is 3.09. The molecule has 4 fully saturated rings. The fourth-order valence-electron chi connectivity index (χ4n) is 5.33. The maximum absolute atomic E-state index is 13.2. The lowest BCUT2D eigenvalue weighted by molar-refractivity contribution is -0.148. The molecule has 1 amide bonds. The van der Waals surface area contributed by atoms with Gasteiger partial charge in [-0.1, -0.05) is 39.7 Å². The first-order valence-electron chi connectivity index (χ1n) is 9.68. The number of hydrogen-bond acceptors (Lipinski definition) is 4. The number of hydrogen-bond donors (Lipinski definition) is 2. The van der Waals surface area contributed by atoms with Crippen molar-refractivity contribution in [3.63, 3.8) is 0 Å². The Labute approximate surface area is 172 Å². The van der Waals surface area contributed by atoms with Crippen molar-refractivity contribution in [3.05, 3.63) is 34.9 Å². The average Bonchev–Trinajstić information content (AvgIpc) is 3.38. The van der Waals surface area contributed by atoms with Gasteiger partial charge in [-0.05, 0) is 49.8 Å². The van der Waals surface area contributed by atoms with Gasteiger partial charge < -0.3 is 0 Å². The molecule has 6 unspecified atom stereocenters. The molecule has 0 spiro atoms. The standard InChI is InChI=1S/C20H22BrClN4O/c21-12-3-6-16-14(9-12)19(27)26-18(24-16)15(10-23)17(25-26)20(7-8-20)11-1-4-13(22)5-2-11/h1-2,4-5,12,14-18,24-25H,3,6-9H2. The summed E-state index contributed by atoms with van der Waals surface area (Å²) in [7, 11) is 0. The first-order valence-corrected chi connectivity index (χ1v) is 11.0. The number of benzene rings is 1. The van der Waals surface area contributed by atoms with E-state index < -0.39 is 0 Å². The Kier molecular flexibility index (Phi) is 4.28. The van der Waals surface area contributed by atoms with Crippen LogP contribution in [-0.4, -0.2) is 34.0 Å². The number of nitriles is 1. The van der Waals surface area contributed by atoms with Crippen molar-refractivity contribution in [3.8, 4) is 6.07 Å². The zero-order chi connectivity index (χ0) is 18.8. The highest BCUT2D eigenvalue weighted by molar-refractivity contribution is 9.09. The van der Waals surface area contributed by atoms with Gasteiger partial charge in [-0.2, -0.15) is 5.26 Å². The summed E-state index contributed by atoms with van der Waals surface area (Å²) in [6.45, 7) is 0. The number of halogens is 2. The highest BCUT2D eigenvalue weighted by atomic mass is 79.9. The van der Waals surface area contributed by atoms with E-state index in [4.69, 9.17) is 11.6 Å². The van der Waals surface area contributed by atoms with E-state index in [0.29, 0.717) is 9.85 Å². The van der Waals surface area contributed by atoms with E-state index in [0.717, 1.165) is 32.1 Å². The fourth-order valence-corrected chi connectivity index (χ4v) is 6.12. The number of amides is 1. The van der Waals surface area contributed by atoms with Crippen LogP contribution in [0.25, 0.3) is 0 Å². The van der Waals surface area contributed by atoms with Crippen molar-refractivity contribution in [2.45, 2.75) is 60.6 Å². The van der Waals surface area contributed by atoms with E-state index in [1.165, 1.54) is 5.56 Å². The molecular formula is C20H22BrClN4O. The third-order valence-corrected chi connectivity index (χ3v) is 8.02. The normalized spacial score (nSPS) is 39.4. The minimum atomic E-state index is -0.269. The van der Waals surface area contributed by atoms with Crippen molar-refractivity contribution < 1.29 is 4.79 Å². The monoisotopic (exact) mass is 448 g/mol. The SMILES string of the molecule is N#CC1C2NC3CCC(Br)CC3C(=O)N2NC1C1(c2ccc(Cl)cc2)CC1. The van der Waals surface area contributed by atoms with Crippen LogP contribution in [0.1, 0.15) is 37.7 Å². The molecule has 2 heterocycles. The van der Waals surface area contributed by atoms with Crippen LogP contribution in [0.4, 0.5) is 0 Å². The van der Waals surface area contributed by atoms with Crippen molar-refractivity contribution in [1.82, 2.24) is 15.8 Å². The molecule has 4 aliphatic rings. The molecule has 5 nitrogen and oxygen atoms in total. The number of carbonyl (C=O) groups is 1. The van der Waals surface area contributed by atoms with E-state index in [1.54, 1.807) is 5.01 Å². The highest BCUT2D eigenvalue weighted by Crippen LogP contribution is 2.55. The van der Waals surface area contributed by atoms with Crippen molar-refractivity contribution >= 4 is 33.4 Å². The summed E-state index contributed by atoms with van der Waals surface area (Å²) in [5, 5.41) is 16.1. The molecule has 2 saturated heterocycles. The smallest absolute Gasteiger partial charge is 0.242 e. The Morgan fingerprint density at radius 1 is 1.26 bits per heavy atom. The van der Waals surface area contributed by atoms with Gasteiger partial charge in [0, 0.05) is 21.3 Å². The Morgan fingerprint density at radius 2 is 2.00 bits per heavy atom. The molecule has 5 rings (SSSR count). The molecule has 2 aliphatic heterocycles. The number of nitrogens with zero attached hydrogens (tertiary/aromatic N) is 2. The number of rotatable bonds is 2. The molecular weight excluding hydrogens is 428 g/mol. The van der Waals surface area contributed by atoms with Crippen LogP contribution >= 0.6 is 27.5 Å². The molecule has 2 saturated carbocycles. The topological polar surface area (TPSA) is 68.2 Å². The van der Waals surface area contributed by atoms with Gasteiger partial charge >= 0.3 is 0 Å². The van der Waals surface area contributed by atoms with E-state index in [9.17, 15) is 10.1 Å². The Balaban J connectivity index is 1.46. The lowest BCUT2D eigenvalue weighted by Crippen LogP contribution is -2.65. The number of alkyl halides is 1. The Hall–Kier alpha value is -1.13. The summed E-state index contributed by atoms with van der Waals surface area (Å²) in [6.07, 6.45) is 4.69. The van der Waals surface area contributed by atoms with Gasteiger partial charge in [-0.15, -0.1) is 0 Å². The molecule has 0 radical (unpaired) electrons. The third kappa shape index (κ3) is 2.74. The molecule has 27 heavy (non-hydrogen) atoms. The minimum absolute atomic E-state index is 0.0179. The van der Waals surface area contributed by atoms with Crippen LogP contribution in [0.3, 0.4) is 0 Å². The largest absolute Gasteiger partial charge is 0.291 e. The van der Waals surface area contributed by atoms with Crippen molar-refractivity contribution in [2.75, 3.05) is 0 Å². The highest BCUT2D eigenvalue weighted by Gasteiger charge is 2.62. The number of carbonyl (C=O) groups excluding carboxylic acids is 1. The van der Waals surface area contributed by atoms with Gasteiger partial charge in [0.05, 0.1) is 23.9 Å². The molecule has 7 heteroatoms. The number of hydrazine groups is 1. The second kappa shape index (κ2) is 6.45. The molecule has 142 valence electrons. The van der Waals surface area contributed by atoms with Crippen LogP contribution in [0.5, 0.6) is 0 Å². The molecule has 1 aromatic rings. The number of nitrogens with one attached hydrogen (secondary N) is 2. The van der Waals surface area contributed by atoms with Crippen molar-refractivity contribution in [1.29, 1.82) is 5.26 Å². The van der Waals surface area contributed by atoms with Crippen LogP contribution in [0.15, 0.2) is 24.3 Å². The Bertz CT molecular complexity index is 805. The number of fused-ring (bicyclic) bond motifs is 2. The lowest BCUT2D eigenvalue weighted by atomic mass is 9.79. The average molecular weight is 450 g/mol. The summed E-state index contributed by atoms with van der Waals surface area (Å²) in [6, 6.07) is 10.6. The lowest BCUT2D eigenvalue weighted by Gasteiger charge is -2.44. The second-order valence-corrected chi connectivity index (χ2v) is 10.1. The van der Waals surface area contributed by atoms with Crippen LogP contribution in [0, 0.1) is 23.2 Å². The van der Waals surface area contributed by atoms with E-state index in [2.05, 4.69) is 44.9 Å². The quantitative estimate of drug-likeness (QED) is 0.681. The fraction of sp³-hybridized carbons (Fsp3) is 0.600. The van der Waals surface area contributed by atoms with Gasteiger partial charge in [0.2, 0.25) is 5.91 Å². The third-order valence-electron chi connectivity index (χ3n) is 6.93. The zero-order valence-corrected chi connectivity index (χ0v) is 17.2. The van der Waals surface area contributed by atoms with Gasteiger partial charge in [-0.25, -0.2) is 5.43 Å².